The van der Waals surface area contributed by atoms with E-state index in [-0.39, 0.29) is 10.8 Å². The molecule has 2 aromatic rings. The highest BCUT2D eigenvalue weighted by atomic mass is 32.2. The molecule has 0 unspecified atom stereocenters. The van der Waals surface area contributed by atoms with Crippen LogP contribution in [-0.2, 0) is 16.4 Å². The van der Waals surface area contributed by atoms with E-state index >= 15 is 0 Å². The molecule has 5 nitrogen and oxygen atoms in total. The second kappa shape index (κ2) is 5.14. The SMILES string of the molecule is CCc1cccc(S(=O)(=O)Nc2ncccn2)c1. The maximum Gasteiger partial charge on any atom is 0.264 e. The molecule has 1 N–H and O–H groups in total. The molecule has 6 heteroatoms. The topological polar surface area (TPSA) is 72.0 Å². The third kappa shape index (κ3) is 2.84. The maximum atomic E-state index is 12.1. The second-order valence-electron chi connectivity index (χ2n) is 3.68. The fourth-order valence-electron chi connectivity index (χ4n) is 1.46. The first-order valence-corrected chi connectivity index (χ1v) is 6.99. The molecule has 2 rings (SSSR count). The summed E-state index contributed by atoms with van der Waals surface area (Å²) >= 11 is 0. The zero-order valence-corrected chi connectivity index (χ0v) is 10.7. The molecule has 18 heavy (non-hydrogen) atoms. The summed E-state index contributed by atoms with van der Waals surface area (Å²) in [7, 11) is -3.62. The van der Waals surface area contributed by atoms with Crippen LogP contribution in [0.1, 0.15) is 12.5 Å². The molecular weight excluding hydrogens is 250 g/mol. The van der Waals surface area contributed by atoms with Crippen molar-refractivity contribution in [1.82, 2.24) is 9.97 Å². The number of hydrogen-bond acceptors (Lipinski definition) is 4. The van der Waals surface area contributed by atoms with Crippen LogP contribution in [0.25, 0.3) is 0 Å². The van der Waals surface area contributed by atoms with Crippen LogP contribution >= 0.6 is 0 Å². The monoisotopic (exact) mass is 263 g/mol. The molecule has 0 amide bonds. The lowest BCUT2D eigenvalue weighted by molar-refractivity contribution is 0.600. The van der Waals surface area contributed by atoms with Crippen molar-refractivity contribution >= 4 is 16.0 Å². The van der Waals surface area contributed by atoms with Crippen LogP contribution in [0.5, 0.6) is 0 Å². The van der Waals surface area contributed by atoms with Gasteiger partial charge in [-0.15, -0.1) is 0 Å². The minimum atomic E-state index is -3.62. The van der Waals surface area contributed by atoms with E-state index in [0.717, 1.165) is 12.0 Å². The average molecular weight is 263 g/mol. The van der Waals surface area contributed by atoms with Crippen LogP contribution in [0.15, 0.2) is 47.6 Å². The molecule has 0 aliphatic rings. The van der Waals surface area contributed by atoms with E-state index < -0.39 is 10.0 Å². The summed E-state index contributed by atoms with van der Waals surface area (Å²) < 4.78 is 26.5. The molecule has 0 atom stereocenters. The van der Waals surface area contributed by atoms with Gasteiger partial charge in [0, 0.05) is 12.4 Å². The summed E-state index contributed by atoms with van der Waals surface area (Å²) in [5, 5.41) is 0. The van der Waals surface area contributed by atoms with Gasteiger partial charge in [0.15, 0.2) is 0 Å². The zero-order chi connectivity index (χ0) is 13.0. The van der Waals surface area contributed by atoms with Crippen LogP contribution in [0.2, 0.25) is 0 Å². The third-order valence-electron chi connectivity index (χ3n) is 2.41. The Morgan fingerprint density at radius 3 is 2.56 bits per heavy atom. The maximum absolute atomic E-state index is 12.1. The van der Waals surface area contributed by atoms with Crippen LogP contribution in [-0.4, -0.2) is 18.4 Å². The number of aryl methyl sites for hydroxylation is 1. The molecule has 0 saturated heterocycles. The van der Waals surface area contributed by atoms with E-state index in [4.69, 9.17) is 0 Å². The zero-order valence-electron chi connectivity index (χ0n) is 9.87. The number of sulfonamides is 1. The number of nitrogens with one attached hydrogen (secondary N) is 1. The largest absolute Gasteiger partial charge is 0.264 e. The lowest BCUT2D eigenvalue weighted by atomic mass is 10.2. The Labute approximate surface area is 106 Å². The van der Waals surface area contributed by atoms with Gasteiger partial charge < -0.3 is 0 Å². The van der Waals surface area contributed by atoms with Gasteiger partial charge in [0.1, 0.15) is 0 Å². The van der Waals surface area contributed by atoms with Crippen LogP contribution in [0.3, 0.4) is 0 Å². The first-order valence-electron chi connectivity index (χ1n) is 5.50. The van der Waals surface area contributed by atoms with E-state index in [1.165, 1.54) is 12.4 Å². The lowest BCUT2D eigenvalue weighted by Gasteiger charge is -2.07. The molecular formula is C12H13N3O2S. The molecule has 0 aliphatic carbocycles. The number of hydrogen-bond donors (Lipinski definition) is 1. The molecule has 0 fully saturated rings. The molecule has 1 aromatic heterocycles. The molecule has 0 radical (unpaired) electrons. The van der Waals surface area contributed by atoms with Gasteiger partial charge in [-0.3, -0.25) is 0 Å². The highest BCUT2D eigenvalue weighted by Crippen LogP contribution is 2.14. The molecule has 1 aromatic carbocycles. The first-order chi connectivity index (χ1) is 8.62. The number of nitrogens with zero attached hydrogens (tertiary/aromatic N) is 2. The van der Waals surface area contributed by atoms with E-state index in [2.05, 4.69) is 14.7 Å². The number of anilines is 1. The minimum Gasteiger partial charge on any atom is -0.247 e. The third-order valence-corrected chi connectivity index (χ3v) is 3.73. The Morgan fingerprint density at radius 1 is 1.17 bits per heavy atom. The molecule has 1 heterocycles. The summed E-state index contributed by atoms with van der Waals surface area (Å²) in [6, 6.07) is 8.42. The lowest BCUT2D eigenvalue weighted by Crippen LogP contribution is -2.15. The Hall–Kier alpha value is -1.95. The fourth-order valence-corrected chi connectivity index (χ4v) is 2.49. The number of rotatable bonds is 4. The minimum absolute atomic E-state index is 0.0689. The summed E-state index contributed by atoms with van der Waals surface area (Å²) in [5.74, 6) is 0.0689. The van der Waals surface area contributed by atoms with Crippen molar-refractivity contribution in [3.8, 4) is 0 Å². The van der Waals surface area contributed by atoms with E-state index in [1.807, 2.05) is 13.0 Å². The quantitative estimate of drug-likeness (QED) is 0.913. The standard InChI is InChI=1S/C12H13N3O2S/c1-2-10-5-3-6-11(9-10)18(16,17)15-12-13-7-4-8-14-12/h3-9H,2H2,1H3,(H,13,14,15). The van der Waals surface area contributed by atoms with E-state index in [9.17, 15) is 8.42 Å². The van der Waals surface area contributed by atoms with Gasteiger partial charge in [0.25, 0.3) is 10.0 Å². The Morgan fingerprint density at radius 2 is 1.89 bits per heavy atom. The highest BCUT2D eigenvalue weighted by Gasteiger charge is 2.15. The van der Waals surface area contributed by atoms with Gasteiger partial charge in [-0.05, 0) is 30.2 Å². The van der Waals surface area contributed by atoms with Gasteiger partial charge in [0.05, 0.1) is 4.90 Å². The van der Waals surface area contributed by atoms with Gasteiger partial charge in [0.2, 0.25) is 5.95 Å². The van der Waals surface area contributed by atoms with Crippen molar-refractivity contribution in [1.29, 1.82) is 0 Å². The van der Waals surface area contributed by atoms with Crippen molar-refractivity contribution in [2.75, 3.05) is 4.72 Å². The van der Waals surface area contributed by atoms with Crippen molar-refractivity contribution in [2.24, 2.45) is 0 Å². The second-order valence-corrected chi connectivity index (χ2v) is 5.36. The van der Waals surface area contributed by atoms with Crippen molar-refractivity contribution in [3.05, 3.63) is 48.3 Å². The van der Waals surface area contributed by atoms with Crippen LogP contribution < -0.4 is 4.72 Å². The van der Waals surface area contributed by atoms with E-state index in [1.54, 1.807) is 24.3 Å². The van der Waals surface area contributed by atoms with Gasteiger partial charge in [-0.25, -0.2) is 23.1 Å². The Balaban J connectivity index is 2.31. The number of aromatic nitrogens is 2. The van der Waals surface area contributed by atoms with Gasteiger partial charge in [-0.1, -0.05) is 19.1 Å². The van der Waals surface area contributed by atoms with Crippen LogP contribution in [0.4, 0.5) is 5.95 Å². The average Bonchev–Trinajstić information content (AvgIpc) is 2.39. The van der Waals surface area contributed by atoms with Crippen molar-refractivity contribution < 1.29 is 8.42 Å². The Bertz CT molecular complexity index is 627. The molecule has 0 spiro atoms. The highest BCUT2D eigenvalue weighted by molar-refractivity contribution is 7.92. The molecule has 94 valence electrons. The molecule has 0 saturated carbocycles. The molecule has 0 aliphatic heterocycles. The normalized spacial score (nSPS) is 11.2. The van der Waals surface area contributed by atoms with Crippen LogP contribution in [0, 0.1) is 0 Å². The summed E-state index contributed by atoms with van der Waals surface area (Å²) in [6.07, 6.45) is 3.74. The Kier molecular flexibility index (Phi) is 3.57. The van der Waals surface area contributed by atoms with Gasteiger partial charge in [-0.2, -0.15) is 0 Å². The first kappa shape index (κ1) is 12.5. The predicted octanol–water partition coefficient (Wildman–Crippen LogP) is 1.84. The summed E-state index contributed by atoms with van der Waals surface area (Å²) in [6.45, 7) is 1.97. The summed E-state index contributed by atoms with van der Waals surface area (Å²) in [4.78, 5) is 7.88. The predicted molar refractivity (Wildman–Crippen MR) is 68.7 cm³/mol. The van der Waals surface area contributed by atoms with E-state index in [0.29, 0.717) is 0 Å². The van der Waals surface area contributed by atoms with Crippen molar-refractivity contribution in [2.45, 2.75) is 18.2 Å². The molecule has 0 bridgehead atoms. The number of benzene rings is 1. The van der Waals surface area contributed by atoms with Gasteiger partial charge >= 0.3 is 0 Å². The smallest absolute Gasteiger partial charge is 0.247 e. The van der Waals surface area contributed by atoms with Crippen molar-refractivity contribution in [3.63, 3.8) is 0 Å². The fraction of sp³-hybridized carbons (Fsp3) is 0.167. The summed E-state index contributed by atoms with van der Waals surface area (Å²) in [5.41, 5.74) is 0.965.